The summed E-state index contributed by atoms with van der Waals surface area (Å²) in [5.41, 5.74) is 0.413. The fourth-order valence-corrected chi connectivity index (χ4v) is 1.39. The summed E-state index contributed by atoms with van der Waals surface area (Å²) in [6, 6.07) is 0. The molecule has 1 heterocycles. The van der Waals surface area contributed by atoms with E-state index in [1.165, 1.54) is 25.9 Å². The second-order valence-corrected chi connectivity index (χ2v) is 3.86. The summed E-state index contributed by atoms with van der Waals surface area (Å²) in [7, 11) is 1.00. The Labute approximate surface area is 70.2 Å². The molecule has 0 radical (unpaired) electrons. The molecule has 1 N–H and O–H groups in total. The number of hydrogen-bond donors (Lipinski definition) is 1. The highest BCUT2D eigenvalue weighted by molar-refractivity contribution is 4.79. The van der Waals surface area contributed by atoms with Gasteiger partial charge in [0.2, 0.25) is 0 Å². The average Bonchev–Trinajstić information content (AvgIpc) is 2.40. The Balaban J connectivity index is 0.000000461. The van der Waals surface area contributed by atoms with Crippen LogP contribution in [0, 0.1) is 0 Å². The van der Waals surface area contributed by atoms with Gasteiger partial charge in [0.25, 0.3) is 0 Å². The monoisotopic (exact) mass is 159 g/mol. The molecule has 0 atom stereocenters. The van der Waals surface area contributed by atoms with Gasteiger partial charge < -0.3 is 5.11 Å². The van der Waals surface area contributed by atoms with Gasteiger partial charge in [0, 0.05) is 12.6 Å². The molecule has 1 aliphatic rings. The molecule has 0 aromatic heterocycles. The molecule has 0 aromatic carbocycles. The maximum Gasteiger partial charge on any atom is 0.0319 e. The standard InChI is InChI=1S/C8H17N.CH4O/c1-8(2,3)9-6-4-5-7-9;1-2/h4-7H2,1-3H3;2H,1H3. The van der Waals surface area contributed by atoms with Crippen molar-refractivity contribution in [1.29, 1.82) is 0 Å². The Morgan fingerprint density at radius 3 is 1.55 bits per heavy atom. The van der Waals surface area contributed by atoms with Crippen molar-refractivity contribution in [2.75, 3.05) is 20.2 Å². The molecule has 0 spiro atoms. The summed E-state index contributed by atoms with van der Waals surface area (Å²) >= 11 is 0. The molecule has 68 valence electrons. The molecule has 0 bridgehead atoms. The summed E-state index contributed by atoms with van der Waals surface area (Å²) in [6.07, 6.45) is 2.80. The Morgan fingerprint density at radius 2 is 1.36 bits per heavy atom. The molecular formula is C9H21NO. The van der Waals surface area contributed by atoms with Gasteiger partial charge in [-0.1, -0.05) is 0 Å². The highest BCUT2D eigenvalue weighted by atomic mass is 16.2. The largest absolute Gasteiger partial charge is 0.400 e. The molecule has 0 unspecified atom stereocenters. The zero-order valence-electron chi connectivity index (χ0n) is 8.22. The highest BCUT2D eigenvalue weighted by Gasteiger charge is 2.23. The van der Waals surface area contributed by atoms with Crippen LogP contribution in [0.3, 0.4) is 0 Å². The van der Waals surface area contributed by atoms with Crippen LogP contribution >= 0.6 is 0 Å². The number of likely N-dealkylation sites (tertiary alicyclic amines) is 1. The quantitative estimate of drug-likeness (QED) is 0.579. The number of aliphatic hydroxyl groups is 1. The third kappa shape index (κ3) is 3.73. The first-order chi connectivity index (χ1) is 5.11. The van der Waals surface area contributed by atoms with Crippen LogP contribution in [-0.4, -0.2) is 35.7 Å². The second kappa shape index (κ2) is 4.73. The lowest BCUT2D eigenvalue weighted by molar-refractivity contribution is 0.175. The van der Waals surface area contributed by atoms with E-state index in [0.29, 0.717) is 5.54 Å². The van der Waals surface area contributed by atoms with E-state index in [1.54, 1.807) is 0 Å². The predicted octanol–water partition coefficient (Wildman–Crippen LogP) is 1.49. The fraction of sp³-hybridized carbons (Fsp3) is 1.00. The van der Waals surface area contributed by atoms with Crippen molar-refractivity contribution in [3.63, 3.8) is 0 Å². The third-order valence-electron chi connectivity index (χ3n) is 2.05. The topological polar surface area (TPSA) is 23.5 Å². The lowest BCUT2D eigenvalue weighted by atomic mass is 10.1. The van der Waals surface area contributed by atoms with E-state index in [4.69, 9.17) is 5.11 Å². The fourth-order valence-electron chi connectivity index (χ4n) is 1.39. The number of aliphatic hydroxyl groups excluding tert-OH is 1. The van der Waals surface area contributed by atoms with Crippen molar-refractivity contribution in [3.05, 3.63) is 0 Å². The molecule has 1 saturated heterocycles. The highest BCUT2D eigenvalue weighted by Crippen LogP contribution is 2.19. The predicted molar refractivity (Wildman–Crippen MR) is 48.7 cm³/mol. The van der Waals surface area contributed by atoms with Crippen molar-refractivity contribution in [3.8, 4) is 0 Å². The SMILES string of the molecule is CC(C)(C)N1CCCC1.CO. The van der Waals surface area contributed by atoms with Gasteiger partial charge in [-0.15, -0.1) is 0 Å². The maximum absolute atomic E-state index is 7.00. The van der Waals surface area contributed by atoms with E-state index in [1.807, 2.05) is 0 Å². The minimum Gasteiger partial charge on any atom is -0.400 e. The summed E-state index contributed by atoms with van der Waals surface area (Å²) in [5, 5.41) is 7.00. The smallest absolute Gasteiger partial charge is 0.0319 e. The van der Waals surface area contributed by atoms with Crippen LogP contribution in [0.2, 0.25) is 0 Å². The van der Waals surface area contributed by atoms with Crippen LogP contribution < -0.4 is 0 Å². The normalized spacial score (nSPS) is 19.4. The average molecular weight is 159 g/mol. The van der Waals surface area contributed by atoms with E-state index in [-0.39, 0.29) is 0 Å². The molecule has 11 heavy (non-hydrogen) atoms. The van der Waals surface area contributed by atoms with E-state index >= 15 is 0 Å². The molecule has 0 aromatic rings. The molecule has 2 nitrogen and oxygen atoms in total. The zero-order valence-corrected chi connectivity index (χ0v) is 8.22. The van der Waals surface area contributed by atoms with Crippen LogP contribution in [0.1, 0.15) is 33.6 Å². The van der Waals surface area contributed by atoms with Crippen molar-refractivity contribution < 1.29 is 5.11 Å². The lowest BCUT2D eigenvalue weighted by Gasteiger charge is -2.31. The number of rotatable bonds is 0. The van der Waals surface area contributed by atoms with Crippen LogP contribution in [0.15, 0.2) is 0 Å². The molecule has 0 saturated carbocycles. The van der Waals surface area contributed by atoms with E-state index in [0.717, 1.165) is 7.11 Å². The molecule has 0 amide bonds. The lowest BCUT2D eigenvalue weighted by Crippen LogP contribution is -2.38. The maximum atomic E-state index is 7.00. The van der Waals surface area contributed by atoms with Gasteiger partial charge in [0.15, 0.2) is 0 Å². The van der Waals surface area contributed by atoms with Crippen molar-refractivity contribution >= 4 is 0 Å². The minimum absolute atomic E-state index is 0.413. The second-order valence-electron chi connectivity index (χ2n) is 3.86. The van der Waals surface area contributed by atoms with Gasteiger partial charge in [-0.2, -0.15) is 0 Å². The van der Waals surface area contributed by atoms with Crippen LogP contribution in [0.4, 0.5) is 0 Å². The van der Waals surface area contributed by atoms with E-state index < -0.39 is 0 Å². The Hall–Kier alpha value is -0.0800. The number of nitrogens with zero attached hydrogens (tertiary/aromatic N) is 1. The first kappa shape index (κ1) is 10.9. The zero-order chi connectivity index (χ0) is 8.91. The van der Waals surface area contributed by atoms with E-state index in [9.17, 15) is 0 Å². The number of hydrogen-bond acceptors (Lipinski definition) is 2. The van der Waals surface area contributed by atoms with Crippen molar-refractivity contribution in [2.45, 2.75) is 39.2 Å². The summed E-state index contributed by atoms with van der Waals surface area (Å²) < 4.78 is 0. The van der Waals surface area contributed by atoms with Gasteiger partial charge >= 0.3 is 0 Å². The first-order valence-corrected chi connectivity index (χ1v) is 4.30. The van der Waals surface area contributed by atoms with Gasteiger partial charge in [-0.25, -0.2) is 0 Å². The van der Waals surface area contributed by atoms with Crippen molar-refractivity contribution in [2.24, 2.45) is 0 Å². The molecule has 0 aliphatic carbocycles. The summed E-state index contributed by atoms with van der Waals surface area (Å²) in [5.74, 6) is 0. The van der Waals surface area contributed by atoms with Crippen molar-refractivity contribution in [1.82, 2.24) is 4.90 Å². The minimum atomic E-state index is 0.413. The van der Waals surface area contributed by atoms with Crippen LogP contribution in [0.5, 0.6) is 0 Å². The summed E-state index contributed by atoms with van der Waals surface area (Å²) in [4.78, 5) is 2.55. The van der Waals surface area contributed by atoms with Gasteiger partial charge in [-0.3, -0.25) is 4.90 Å². The third-order valence-corrected chi connectivity index (χ3v) is 2.05. The summed E-state index contributed by atoms with van der Waals surface area (Å²) in [6.45, 7) is 9.49. The molecule has 2 heteroatoms. The van der Waals surface area contributed by atoms with Gasteiger partial charge in [0.1, 0.15) is 0 Å². The first-order valence-electron chi connectivity index (χ1n) is 4.30. The van der Waals surface area contributed by atoms with Crippen LogP contribution in [-0.2, 0) is 0 Å². The van der Waals surface area contributed by atoms with Gasteiger partial charge in [0.05, 0.1) is 0 Å². The molecule has 1 fully saturated rings. The molecule has 1 rings (SSSR count). The Kier molecular flexibility index (Phi) is 4.69. The molecular weight excluding hydrogens is 138 g/mol. The molecule has 1 aliphatic heterocycles. The van der Waals surface area contributed by atoms with Crippen LogP contribution in [0.25, 0.3) is 0 Å². The van der Waals surface area contributed by atoms with Gasteiger partial charge in [-0.05, 0) is 46.7 Å². The Morgan fingerprint density at radius 1 is 1.00 bits per heavy atom. The Bertz CT molecular complexity index is 90.2. The van der Waals surface area contributed by atoms with E-state index in [2.05, 4.69) is 25.7 Å².